The molecule has 0 aromatic heterocycles. The van der Waals surface area contributed by atoms with Crippen LogP contribution in [0.3, 0.4) is 0 Å². The van der Waals surface area contributed by atoms with Crippen molar-refractivity contribution < 1.29 is 45.6 Å². The topological polar surface area (TPSA) is 173 Å². The molecule has 2 rings (SSSR count). The van der Waals surface area contributed by atoms with Crippen LogP contribution in [0.1, 0.15) is 0 Å². The SMILES string of the molecule is COc1cc(S(=O)(=O)[O-])ccc1O.COc1cc(S(=O)(=O)[O-])ccc1O.[Ca+2]. The van der Waals surface area contributed by atoms with Crippen molar-refractivity contribution in [1.82, 2.24) is 0 Å². The van der Waals surface area contributed by atoms with E-state index in [1.54, 1.807) is 0 Å². The van der Waals surface area contributed by atoms with Gasteiger partial charge in [0.05, 0.1) is 24.0 Å². The van der Waals surface area contributed by atoms with Crippen molar-refractivity contribution in [2.45, 2.75) is 9.79 Å². The Morgan fingerprint density at radius 1 is 0.741 bits per heavy atom. The summed E-state index contributed by atoms with van der Waals surface area (Å²) in [5.41, 5.74) is 0. The third-order valence-electron chi connectivity index (χ3n) is 2.88. The number of phenolic OH excluding ortho intramolecular Hbond substituents is 2. The molecule has 0 aliphatic carbocycles. The molecule has 10 nitrogen and oxygen atoms in total. The fourth-order valence-electron chi connectivity index (χ4n) is 1.63. The van der Waals surface area contributed by atoms with Crippen molar-refractivity contribution in [2.75, 3.05) is 14.2 Å². The van der Waals surface area contributed by atoms with Gasteiger partial charge in [-0.25, -0.2) is 16.8 Å². The van der Waals surface area contributed by atoms with Crippen LogP contribution in [0.25, 0.3) is 0 Å². The monoisotopic (exact) mass is 446 g/mol. The third-order valence-corrected chi connectivity index (χ3v) is 4.54. The predicted molar refractivity (Wildman–Crippen MR) is 91.0 cm³/mol. The van der Waals surface area contributed by atoms with E-state index in [2.05, 4.69) is 9.47 Å². The second kappa shape index (κ2) is 10.3. The summed E-state index contributed by atoms with van der Waals surface area (Å²) in [7, 11) is -6.47. The van der Waals surface area contributed by atoms with Gasteiger partial charge < -0.3 is 28.8 Å². The van der Waals surface area contributed by atoms with Gasteiger partial charge in [-0.3, -0.25) is 0 Å². The van der Waals surface area contributed by atoms with E-state index in [1.165, 1.54) is 14.2 Å². The number of benzene rings is 2. The van der Waals surface area contributed by atoms with Gasteiger partial charge >= 0.3 is 37.7 Å². The molecule has 0 radical (unpaired) electrons. The average molecular weight is 446 g/mol. The van der Waals surface area contributed by atoms with E-state index in [0.29, 0.717) is 0 Å². The molecule has 0 fully saturated rings. The Bertz CT molecular complexity index is 905. The van der Waals surface area contributed by atoms with E-state index in [4.69, 9.17) is 10.2 Å². The fraction of sp³-hybridized carbons (Fsp3) is 0.143. The summed E-state index contributed by atoms with van der Waals surface area (Å²) in [6, 6.07) is 6.14. The zero-order valence-electron chi connectivity index (χ0n) is 14.1. The van der Waals surface area contributed by atoms with Gasteiger partial charge in [-0.1, -0.05) is 0 Å². The summed E-state index contributed by atoms with van der Waals surface area (Å²) in [6.07, 6.45) is 0. The molecule has 0 atom stereocenters. The number of aromatic hydroxyl groups is 2. The maximum Gasteiger partial charge on any atom is 2.00 e. The molecule has 0 aliphatic heterocycles. The summed E-state index contributed by atoms with van der Waals surface area (Å²) in [4.78, 5) is -0.857. The van der Waals surface area contributed by atoms with Gasteiger partial charge in [0, 0.05) is 12.1 Å². The molecule has 2 N–H and O–H groups in total. The molecule has 0 spiro atoms. The molecule has 0 bridgehead atoms. The summed E-state index contributed by atoms with van der Waals surface area (Å²) in [5, 5.41) is 18.2. The average Bonchev–Trinajstić information content (AvgIpc) is 2.54. The molecule has 0 heterocycles. The molecule has 0 saturated heterocycles. The Hall–Kier alpha value is -1.28. The van der Waals surface area contributed by atoms with Crippen molar-refractivity contribution in [2.24, 2.45) is 0 Å². The maximum absolute atomic E-state index is 10.5. The molecule has 0 aliphatic rings. The number of rotatable bonds is 4. The van der Waals surface area contributed by atoms with Crippen LogP contribution in [-0.4, -0.2) is 88.1 Å². The molecule has 13 heteroatoms. The number of hydrogen-bond acceptors (Lipinski definition) is 10. The van der Waals surface area contributed by atoms with Crippen molar-refractivity contribution in [3.63, 3.8) is 0 Å². The van der Waals surface area contributed by atoms with Crippen molar-refractivity contribution >= 4 is 58.0 Å². The van der Waals surface area contributed by atoms with E-state index in [0.717, 1.165) is 36.4 Å². The minimum atomic E-state index is -4.49. The van der Waals surface area contributed by atoms with Crippen LogP contribution in [0.15, 0.2) is 46.2 Å². The van der Waals surface area contributed by atoms with Crippen LogP contribution in [0.2, 0.25) is 0 Å². The van der Waals surface area contributed by atoms with Gasteiger partial charge in [-0.15, -0.1) is 0 Å². The largest absolute Gasteiger partial charge is 2.00 e. The molecular formula is C14H14CaO10S2. The summed E-state index contributed by atoms with van der Waals surface area (Å²) in [6.45, 7) is 0. The second-order valence-corrected chi connectivity index (χ2v) is 7.33. The molecule has 144 valence electrons. The standard InChI is InChI=1S/2C7H8O5S.Ca/c2*1-12-7-4-5(13(9,10)11)2-3-6(7)8;/h2*2-4,8H,1H3,(H,9,10,11);/q;;+2/p-2. The van der Waals surface area contributed by atoms with Crippen molar-refractivity contribution in [3.05, 3.63) is 36.4 Å². The predicted octanol–water partition coefficient (Wildman–Crippen LogP) is 0.229. The van der Waals surface area contributed by atoms with Crippen LogP contribution >= 0.6 is 0 Å². The fourth-order valence-corrected chi connectivity index (χ4v) is 2.60. The molecular weight excluding hydrogens is 432 g/mol. The van der Waals surface area contributed by atoms with E-state index in [1.807, 2.05) is 0 Å². The zero-order chi connectivity index (χ0) is 20.1. The van der Waals surface area contributed by atoms with Gasteiger partial charge in [-0.05, 0) is 24.3 Å². The zero-order valence-corrected chi connectivity index (χ0v) is 18.0. The Labute approximate surface area is 185 Å². The van der Waals surface area contributed by atoms with Gasteiger partial charge in [0.1, 0.15) is 20.2 Å². The number of methoxy groups -OCH3 is 2. The molecule has 27 heavy (non-hydrogen) atoms. The van der Waals surface area contributed by atoms with Crippen LogP contribution in [0, 0.1) is 0 Å². The van der Waals surface area contributed by atoms with Crippen molar-refractivity contribution in [3.8, 4) is 23.0 Å². The summed E-state index contributed by atoms with van der Waals surface area (Å²) in [5.74, 6) is -0.515. The van der Waals surface area contributed by atoms with E-state index < -0.39 is 30.0 Å². The Morgan fingerprint density at radius 3 is 1.26 bits per heavy atom. The van der Waals surface area contributed by atoms with Crippen LogP contribution < -0.4 is 9.47 Å². The summed E-state index contributed by atoms with van der Waals surface area (Å²) < 4.78 is 72.4. The molecule has 0 saturated carbocycles. The smallest absolute Gasteiger partial charge is 0.744 e. The van der Waals surface area contributed by atoms with E-state index in [-0.39, 0.29) is 60.7 Å². The van der Waals surface area contributed by atoms with Crippen LogP contribution in [-0.2, 0) is 20.2 Å². The number of phenols is 2. The molecule has 2 aromatic rings. The van der Waals surface area contributed by atoms with Crippen LogP contribution in [0.5, 0.6) is 23.0 Å². The minimum absolute atomic E-state index is 0. The normalized spacial score (nSPS) is 10.8. The molecule has 0 unspecified atom stereocenters. The first-order chi connectivity index (χ1) is 11.9. The third kappa shape index (κ3) is 7.70. The van der Waals surface area contributed by atoms with E-state index in [9.17, 15) is 25.9 Å². The maximum atomic E-state index is 10.5. The second-order valence-electron chi connectivity index (χ2n) is 4.58. The van der Waals surface area contributed by atoms with Gasteiger partial charge in [-0.2, -0.15) is 0 Å². The summed E-state index contributed by atoms with van der Waals surface area (Å²) >= 11 is 0. The first-order valence-electron chi connectivity index (χ1n) is 6.56. The number of hydrogen-bond donors (Lipinski definition) is 2. The molecule has 2 aromatic carbocycles. The Balaban J connectivity index is 0.000000483. The molecule has 0 amide bonds. The first-order valence-corrected chi connectivity index (χ1v) is 9.37. The van der Waals surface area contributed by atoms with Gasteiger partial charge in [0.15, 0.2) is 23.0 Å². The van der Waals surface area contributed by atoms with E-state index >= 15 is 0 Å². The van der Waals surface area contributed by atoms with Gasteiger partial charge in [0.25, 0.3) is 0 Å². The minimum Gasteiger partial charge on any atom is -0.744 e. The van der Waals surface area contributed by atoms with Crippen LogP contribution in [0.4, 0.5) is 0 Å². The Morgan fingerprint density at radius 2 is 1.04 bits per heavy atom. The quantitative estimate of drug-likeness (QED) is 0.489. The Kier molecular flexibility index (Phi) is 9.83. The first kappa shape index (κ1) is 25.7. The van der Waals surface area contributed by atoms with Crippen molar-refractivity contribution in [1.29, 1.82) is 0 Å². The number of ether oxygens (including phenoxy) is 2. The van der Waals surface area contributed by atoms with Gasteiger partial charge in [0.2, 0.25) is 0 Å².